The molecule has 226 valence electrons. The molecule has 1 nitrogen and oxygen atoms in total. The molecule has 0 saturated heterocycles. The van der Waals surface area contributed by atoms with Gasteiger partial charge in [-0.1, -0.05) is 120 Å². The summed E-state index contributed by atoms with van der Waals surface area (Å²) in [6, 6.07) is 48.0. The molecule has 46 heavy (non-hydrogen) atoms. The highest BCUT2D eigenvalue weighted by atomic mass is 15.1. The molecule has 0 spiro atoms. The number of hydrogen-bond donors (Lipinski definition) is 0. The molecule has 1 heteroatoms. The fraction of sp³-hybridized carbons (Fsp3) is 0.200. The summed E-state index contributed by atoms with van der Waals surface area (Å²) in [6.07, 6.45) is 0. The molecule has 0 amide bonds. The molecule has 0 N–H and O–H groups in total. The lowest BCUT2D eigenvalue weighted by Gasteiger charge is -2.27. The van der Waals surface area contributed by atoms with Crippen LogP contribution >= 0.6 is 0 Å². The van der Waals surface area contributed by atoms with Crippen molar-refractivity contribution < 1.29 is 0 Å². The van der Waals surface area contributed by atoms with Gasteiger partial charge >= 0.3 is 0 Å². The fourth-order valence-corrected chi connectivity index (χ4v) is 7.82. The lowest BCUT2D eigenvalue weighted by molar-refractivity contribution is 0.667. The lowest BCUT2D eigenvalue weighted by atomic mass is 9.79. The number of anilines is 3. The fourth-order valence-electron chi connectivity index (χ4n) is 7.82. The van der Waals surface area contributed by atoms with Gasteiger partial charge in [0.05, 0.1) is 0 Å². The first-order chi connectivity index (χ1) is 22.2. The molecular weight excluding hydrogens is 555 g/mol. The van der Waals surface area contributed by atoms with Crippen molar-refractivity contribution in [1.29, 1.82) is 0 Å². The molecule has 0 unspecified atom stereocenters. The van der Waals surface area contributed by atoms with Crippen LogP contribution < -0.4 is 4.90 Å². The van der Waals surface area contributed by atoms with Crippen molar-refractivity contribution in [3.8, 4) is 11.1 Å². The third-order valence-electron chi connectivity index (χ3n) is 10.4. The maximum absolute atomic E-state index is 2.47. The summed E-state index contributed by atoms with van der Waals surface area (Å²) in [5.41, 5.74) is 11.7. The highest BCUT2D eigenvalue weighted by Crippen LogP contribution is 2.55. The van der Waals surface area contributed by atoms with Crippen molar-refractivity contribution in [2.75, 3.05) is 4.90 Å². The Labute approximate surface area is 273 Å². The van der Waals surface area contributed by atoms with Gasteiger partial charge < -0.3 is 4.90 Å². The smallest absolute Gasteiger partial charge is 0.0468 e. The number of benzene rings is 7. The van der Waals surface area contributed by atoms with Gasteiger partial charge in [-0.05, 0) is 126 Å². The van der Waals surface area contributed by atoms with Crippen molar-refractivity contribution in [3.63, 3.8) is 0 Å². The Bertz CT molecular complexity index is 2220. The number of fused-ring (bicyclic) bond motifs is 9. The summed E-state index contributed by atoms with van der Waals surface area (Å²) in [5, 5.41) is 7.93. The summed E-state index contributed by atoms with van der Waals surface area (Å²) in [6.45, 7) is 13.8. The van der Waals surface area contributed by atoms with Crippen LogP contribution in [0.15, 0.2) is 127 Å². The van der Waals surface area contributed by atoms with Gasteiger partial charge in [0.15, 0.2) is 0 Å². The standard InChI is InChI=1S/C45H41N/c1-28(2)30-15-20-34(21-16-30)46(35-22-17-31(18-23-35)29(3)4)36-24-19-32-26-41-42(27-33(32)25-36)45(5,6)44-40-14-10-8-12-38(40)37-11-7-9-13-39(37)43(41)44/h7-29H,1-6H3. The number of hydrogen-bond acceptors (Lipinski definition) is 1. The minimum absolute atomic E-state index is 0.127. The molecule has 7 aromatic carbocycles. The Hall–Kier alpha value is -4.88. The largest absolute Gasteiger partial charge is 0.310 e. The van der Waals surface area contributed by atoms with Crippen LogP contribution in [-0.4, -0.2) is 0 Å². The topological polar surface area (TPSA) is 3.24 Å². The third kappa shape index (κ3) is 4.36. The first-order valence-electron chi connectivity index (χ1n) is 16.7. The molecule has 0 heterocycles. The second-order valence-electron chi connectivity index (χ2n) is 14.2. The van der Waals surface area contributed by atoms with Crippen LogP contribution in [0.4, 0.5) is 17.1 Å². The second kappa shape index (κ2) is 10.6. The van der Waals surface area contributed by atoms with Crippen LogP contribution in [0.2, 0.25) is 0 Å². The summed E-state index contributed by atoms with van der Waals surface area (Å²) in [5.74, 6) is 0.995. The minimum atomic E-state index is -0.127. The quantitative estimate of drug-likeness (QED) is 0.179. The van der Waals surface area contributed by atoms with Gasteiger partial charge in [0.1, 0.15) is 0 Å². The molecule has 8 rings (SSSR count). The molecular formula is C45H41N. The number of nitrogens with zero attached hydrogens (tertiary/aromatic N) is 1. The van der Waals surface area contributed by atoms with Gasteiger partial charge in [0.2, 0.25) is 0 Å². The van der Waals surface area contributed by atoms with E-state index >= 15 is 0 Å². The van der Waals surface area contributed by atoms with Crippen molar-refractivity contribution >= 4 is 49.4 Å². The van der Waals surface area contributed by atoms with E-state index < -0.39 is 0 Å². The van der Waals surface area contributed by atoms with Crippen molar-refractivity contribution in [1.82, 2.24) is 0 Å². The van der Waals surface area contributed by atoms with Crippen molar-refractivity contribution in [2.45, 2.75) is 58.8 Å². The van der Waals surface area contributed by atoms with E-state index in [2.05, 4.69) is 174 Å². The molecule has 0 bridgehead atoms. The highest BCUT2D eigenvalue weighted by molar-refractivity contribution is 6.19. The van der Waals surface area contributed by atoms with E-state index in [1.807, 2.05) is 0 Å². The highest BCUT2D eigenvalue weighted by Gasteiger charge is 2.38. The average molecular weight is 596 g/mol. The van der Waals surface area contributed by atoms with E-state index in [4.69, 9.17) is 0 Å². The average Bonchev–Trinajstić information content (AvgIpc) is 3.30. The molecule has 0 aromatic heterocycles. The predicted octanol–water partition coefficient (Wildman–Crippen LogP) is 13.2. The van der Waals surface area contributed by atoms with Crippen molar-refractivity contribution in [2.24, 2.45) is 0 Å². The predicted molar refractivity (Wildman–Crippen MR) is 199 cm³/mol. The first kappa shape index (κ1) is 28.6. The van der Waals surface area contributed by atoms with Crippen molar-refractivity contribution in [3.05, 3.63) is 150 Å². The van der Waals surface area contributed by atoms with E-state index in [-0.39, 0.29) is 5.41 Å². The van der Waals surface area contributed by atoms with Gasteiger partial charge in [0, 0.05) is 22.5 Å². The van der Waals surface area contributed by atoms with Crippen LogP contribution in [0.1, 0.15) is 75.6 Å². The summed E-state index contributed by atoms with van der Waals surface area (Å²) in [7, 11) is 0. The Kier molecular flexibility index (Phi) is 6.58. The van der Waals surface area contributed by atoms with E-state index in [9.17, 15) is 0 Å². The number of rotatable bonds is 5. The normalized spacial score (nSPS) is 13.6. The lowest BCUT2D eigenvalue weighted by Crippen LogP contribution is -2.15. The van der Waals surface area contributed by atoms with Gasteiger partial charge in [-0.2, -0.15) is 0 Å². The Morgan fingerprint density at radius 2 is 0.978 bits per heavy atom. The zero-order valence-electron chi connectivity index (χ0n) is 27.7. The van der Waals surface area contributed by atoms with Gasteiger partial charge in [-0.15, -0.1) is 0 Å². The van der Waals surface area contributed by atoms with E-state index in [1.165, 1.54) is 82.8 Å². The zero-order chi connectivity index (χ0) is 31.7. The minimum Gasteiger partial charge on any atom is -0.310 e. The maximum atomic E-state index is 2.47. The first-order valence-corrected chi connectivity index (χ1v) is 16.7. The Balaban J connectivity index is 1.32. The molecule has 0 fully saturated rings. The molecule has 1 aliphatic carbocycles. The molecule has 0 atom stereocenters. The molecule has 1 aliphatic rings. The third-order valence-corrected chi connectivity index (χ3v) is 10.4. The van der Waals surface area contributed by atoms with Gasteiger partial charge in [-0.3, -0.25) is 0 Å². The van der Waals surface area contributed by atoms with E-state index in [0.717, 1.165) is 0 Å². The van der Waals surface area contributed by atoms with E-state index in [0.29, 0.717) is 11.8 Å². The van der Waals surface area contributed by atoms with Crippen LogP contribution in [0.5, 0.6) is 0 Å². The molecule has 0 saturated carbocycles. The summed E-state index contributed by atoms with van der Waals surface area (Å²) >= 11 is 0. The van der Waals surface area contributed by atoms with Crippen LogP contribution in [0.25, 0.3) is 43.4 Å². The monoisotopic (exact) mass is 595 g/mol. The SMILES string of the molecule is CC(C)c1ccc(N(c2ccc(C(C)C)cc2)c2ccc3cc4c(cc3c2)C(C)(C)c2c-4c3ccccc3c3ccccc23)cc1. The van der Waals surface area contributed by atoms with E-state index in [1.54, 1.807) is 0 Å². The molecule has 0 radical (unpaired) electrons. The van der Waals surface area contributed by atoms with Crippen LogP contribution in [0.3, 0.4) is 0 Å². The van der Waals surface area contributed by atoms with Gasteiger partial charge in [-0.25, -0.2) is 0 Å². The molecule has 0 aliphatic heterocycles. The summed E-state index contributed by atoms with van der Waals surface area (Å²) in [4.78, 5) is 2.40. The Morgan fingerprint density at radius 1 is 0.478 bits per heavy atom. The summed E-state index contributed by atoms with van der Waals surface area (Å²) < 4.78 is 0. The molecule has 7 aromatic rings. The van der Waals surface area contributed by atoms with Gasteiger partial charge in [0.25, 0.3) is 0 Å². The zero-order valence-corrected chi connectivity index (χ0v) is 27.7. The second-order valence-corrected chi connectivity index (χ2v) is 14.2. The van der Waals surface area contributed by atoms with Crippen LogP contribution in [0, 0.1) is 0 Å². The van der Waals surface area contributed by atoms with Crippen LogP contribution in [-0.2, 0) is 5.41 Å². The Morgan fingerprint density at radius 3 is 1.54 bits per heavy atom. The maximum Gasteiger partial charge on any atom is 0.0468 e.